The van der Waals surface area contributed by atoms with E-state index in [1.54, 1.807) is 0 Å². The van der Waals surface area contributed by atoms with Gasteiger partial charge in [-0.15, -0.1) is 0 Å². The van der Waals surface area contributed by atoms with E-state index in [-0.39, 0.29) is 5.91 Å². The summed E-state index contributed by atoms with van der Waals surface area (Å²) in [4.78, 5) is 12.0. The number of fused-ring (bicyclic) bond motifs is 1. The second kappa shape index (κ2) is 4.05. The summed E-state index contributed by atoms with van der Waals surface area (Å²) in [5.41, 5.74) is 3.52. The number of aryl methyl sites for hydroxylation is 2. The van der Waals surface area contributed by atoms with Crippen LogP contribution in [-0.4, -0.2) is 22.1 Å². The normalized spacial score (nSPS) is 14.8. The Hall–Kier alpha value is -1.97. The molecule has 92 valence electrons. The lowest BCUT2D eigenvalue weighted by Crippen LogP contribution is -2.25. The fraction of sp³-hybridized carbons (Fsp3) is 0.357. The molecule has 4 nitrogen and oxygen atoms in total. The Labute approximate surface area is 105 Å². The standard InChI is InChI=1S/C14H15N3O/c1-8-9(2)16-17-13-6-3-10(7-12(8)13)14(18)15-11-4-5-11/h3,6-7,11H,4-5H2,1-2H3,(H,15,18). The molecule has 3 rings (SSSR count). The minimum absolute atomic E-state index is 0.00765. The summed E-state index contributed by atoms with van der Waals surface area (Å²) in [5, 5.41) is 12.2. The van der Waals surface area contributed by atoms with Crippen LogP contribution in [0, 0.1) is 13.8 Å². The monoisotopic (exact) mass is 241 g/mol. The fourth-order valence-electron chi connectivity index (χ4n) is 1.96. The number of hydrogen-bond donors (Lipinski definition) is 1. The van der Waals surface area contributed by atoms with E-state index in [1.165, 1.54) is 0 Å². The lowest BCUT2D eigenvalue weighted by Gasteiger charge is -2.07. The third kappa shape index (κ3) is 1.94. The Bertz CT molecular complexity index is 632. The van der Waals surface area contributed by atoms with Gasteiger partial charge in [0.2, 0.25) is 0 Å². The molecule has 1 aliphatic carbocycles. The molecule has 0 atom stereocenters. The molecule has 0 bridgehead atoms. The van der Waals surface area contributed by atoms with Gasteiger partial charge in [0, 0.05) is 17.0 Å². The van der Waals surface area contributed by atoms with Gasteiger partial charge in [-0.05, 0) is 50.5 Å². The molecule has 1 aromatic heterocycles. The number of hydrogen-bond acceptors (Lipinski definition) is 3. The molecular formula is C14H15N3O. The van der Waals surface area contributed by atoms with Crippen molar-refractivity contribution >= 4 is 16.8 Å². The number of nitrogens with one attached hydrogen (secondary N) is 1. The van der Waals surface area contributed by atoms with Gasteiger partial charge in [-0.25, -0.2) is 0 Å². The quantitative estimate of drug-likeness (QED) is 0.876. The maximum Gasteiger partial charge on any atom is 0.251 e. The summed E-state index contributed by atoms with van der Waals surface area (Å²) in [6, 6.07) is 5.95. The van der Waals surface area contributed by atoms with E-state index in [2.05, 4.69) is 15.5 Å². The van der Waals surface area contributed by atoms with Crippen molar-refractivity contribution in [2.75, 3.05) is 0 Å². The number of carbonyl (C=O) groups excluding carboxylic acids is 1. The van der Waals surface area contributed by atoms with Crippen LogP contribution in [0.1, 0.15) is 34.5 Å². The van der Waals surface area contributed by atoms with Gasteiger partial charge >= 0.3 is 0 Å². The van der Waals surface area contributed by atoms with E-state index in [0.717, 1.165) is 35.0 Å². The van der Waals surface area contributed by atoms with Gasteiger partial charge in [0.25, 0.3) is 5.91 Å². The van der Waals surface area contributed by atoms with Gasteiger partial charge in [0.15, 0.2) is 0 Å². The predicted molar refractivity (Wildman–Crippen MR) is 69.5 cm³/mol. The van der Waals surface area contributed by atoms with E-state index in [1.807, 2.05) is 32.0 Å². The first-order chi connectivity index (χ1) is 8.65. The predicted octanol–water partition coefficient (Wildman–Crippen LogP) is 2.14. The zero-order valence-corrected chi connectivity index (χ0v) is 10.5. The highest BCUT2D eigenvalue weighted by Crippen LogP contribution is 2.22. The van der Waals surface area contributed by atoms with Crippen molar-refractivity contribution in [1.82, 2.24) is 15.5 Å². The van der Waals surface area contributed by atoms with Crippen molar-refractivity contribution in [3.63, 3.8) is 0 Å². The molecule has 18 heavy (non-hydrogen) atoms. The van der Waals surface area contributed by atoms with Crippen molar-refractivity contribution in [2.24, 2.45) is 0 Å². The Kier molecular flexibility index (Phi) is 2.51. The molecule has 4 heteroatoms. The van der Waals surface area contributed by atoms with Gasteiger partial charge in [-0.3, -0.25) is 4.79 Å². The van der Waals surface area contributed by atoms with E-state index in [4.69, 9.17) is 0 Å². The molecule has 1 fully saturated rings. The Morgan fingerprint density at radius 2 is 2.06 bits per heavy atom. The van der Waals surface area contributed by atoms with Crippen LogP contribution in [0.2, 0.25) is 0 Å². The second-order valence-electron chi connectivity index (χ2n) is 4.89. The Balaban J connectivity index is 2.03. The number of nitrogens with zero attached hydrogens (tertiary/aromatic N) is 2. The minimum Gasteiger partial charge on any atom is -0.349 e. The molecule has 1 aromatic carbocycles. The third-order valence-corrected chi connectivity index (χ3v) is 3.43. The average Bonchev–Trinajstić information content (AvgIpc) is 3.17. The Morgan fingerprint density at radius 3 is 2.78 bits per heavy atom. The number of aromatic nitrogens is 2. The van der Waals surface area contributed by atoms with Crippen LogP contribution in [-0.2, 0) is 0 Å². The van der Waals surface area contributed by atoms with E-state index in [0.29, 0.717) is 11.6 Å². The average molecular weight is 241 g/mol. The maximum absolute atomic E-state index is 12.0. The Morgan fingerprint density at radius 1 is 1.28 bits per heavy atom. The van der Waals surface area contributed by atoms with Crippen LogP contribution >= 0.6 is 0 Å². The van der Waals surface area contributed by atoms with Crippen LogP contribution in [0.3, 0.4) is 0 Å². The smallest absolute Gasteiger partial charge is 0.251 e. The van der Waals surface area contributed by atoms with Crippen molar-refractivity contribution < 1.29 is 4.79 Å². The van der Waals surface area contributed by atoms with Crippen LogP contribution in [0.5, 0.6) is 0 Å². The van der Waals surface area contributed by atoms with Crippen LogP contribution in [0.25, 0.3) is 10.9 Å². The maximum atomic E-state index is 12.0. The lowest BCUT2D eigenvalue weighted by atomic mass is 10.1. The first kappa shape index (κ1) is 11.1. The highest BCUT2D eigenvalue weighted by Gasteiger charge is 2.23. The molecule has 1 amide bonds. The molecule has 1 N–H and O–H groups in total. The van der Waals surface area contributed by atoms with Crippen molar-refractivity contribution in [3.05, 3.63) is 35.0 Å². The first-order valence-electron chi connectivity index (χ1n) is 6.19. The molecule has 0 saturated heterocycles. The number of carbonyl (C=O) groups is 1. The summed E-state index contributed by atoms with van der Waals surface area (Å²) >= 11 is 0. The van der Waals surface area contributed by atoms with Gasteiger partial charge in [-0.1, -0.05) is 0 Å². The molecule has 1 saturated carbocycles. The first-order valence-corrected chi connectivity index (χ1v) is 6.19. The molecule has 0 aliphatic heterocycles. The SMILES string of the molecule is Cc1nnc2ccc(C(=O)NC3CC3)cc2c1C. The number of benzene rings is 1. The van der Waals surface area contributed by atoms with E-state index < -0.39 is 0 Å². The lowest BCUT2D eigenvalue weighted by molar-refractivity contribution is 0.0951. The minimum atomic E-state index is 0.00765. The molecular weight excluding hydrogens is 226 g/mol. The van der Waals surface area contributed by atoms with Crippen molar-refractivity contribution in [1.29, 1.82) is 0 Å². The summed E-state index contributed by atoms with van der Waals surface area (Å²) in [6.45, 7) is 3.94. The van der Waals surface area contributed by atoms with Crippen LogP contribution < -0.4 is 5.32 Å². The number of amides is 1. The largest absolute Gasteiger partial charge is 0.349 e. The molecule has 2 aromatic rings. The molecule has 1 heterocycles. The summed E-state index contributed by atoms with van der Waals surface area (Å²) < 4.78 is 0. The van der Waals surface area contributed by atoms with Crippen molar-refractivity contribution in [2.45, 2.75) is 32.7 Å². The number of rotatable bonds is 2. The zero-order chi connectivity index (χ0) is 12.7. The highest BCUT2D eigenvalue weighted by atomic mass is 16.1. The fourth-order valence-corrected chi connectivity index (χ4v) is 1.96. The van der Waals surface area contributed by atoms with Crippen LogP contribution in [0.4, 0.5) is 0 Å². The van der Waals surface area contributed by atoms with Gasteiger partial charge in [-0.2, -0.15) is 10.2 Å². The summed E-state index contributed by atoms with van der Waals surface area (Å²) in [7, 11) is 0. The van der Waals surface area contributed by atoms with Gasteiger partial charge < -0.3 is 5.32 Å². The van der Waals surface area contributed by atoms with E-state index >= 15 is 0 Å². The summed E-state index contributed by atoms with van der Waals surface area (Å²) in [5.74, 6) is 0.00765. The van der Waals surface area contributed by atoms with Crippen molar-refractivity contribution in [3.8, 4) is 0 Å². The van der Waals surface area contributed by atoms with Crippen LogP contribution in [0.15, 0.2) is 18.2 Å². The molecule has 1 aliphatic rings. The highest BCUT2D eigenvalue weighted by molar-refractivity contribution is 5.98. The van der Waals surface area contributed by atoms with Gasteiger partial charge in [0.1, 0.15) is 0 Å². The second-order valence-corrected chi connectivity index (χ2v) is 4.89. The third-order valence-electron chi connectivity index (χ3n) is 3.43. The summed E-state index contributed by atoms with van der Waals surface area (Å²) in [6.07, 6.45) is 2.20. The van der Waals surface area contributed by atoms with E-state index in [9.17, 15) is 4.79 Å². The topological polar surface area (TPSA) is 54.9 Å². The molecule has 0 spiro atoms. The molecule has 0 unspecified atom stereocenters. The van der Waals surface area contributed by atoms with Gasteiger partial charge in [0.05, 0.1) is 11.2 Å². The molecule has 0 radical (unpaired) electrons. The zero-order valence-electron chi connectivity index (χ0n) is 10.5.